The van der Waals surface area contributed by atoms with Crippen molar-refractivity contribution >= 4 is 17.8 Å². The van der Waals surface area contributed by atoms with E-state index in [0.29, 0.717) is 25.7 Å². The highest BCUT2D eigenvalue weighted by Gasteiger charge is 2.70. The summed E-state index contributed by atoms with van der Waals surface area (Å²) in [6.07, 6.45) is 7.81. The molecule has 0 spiro atoms. The fourth-order valence-electron chi connectivity index (χ4n) is 7.66. The van der Waals surface area contributed by atoms with E-state index in [1.807, 2.05) is 9.80 Å². The summed E-state index contributed by atoms with van der Waals surface area (Å²) in [6.45, 7) is 3.16. The van der Waals surface area contributed by atoms with Gasteiger partial charge in [-0.15, -0.1) is 0 Å². The standard InChI is InChI=1S/C21H30N2O4/c24-16(22-5-1-2-6-22)19-9-15-10-20(12-19,17(25)23-7-3-4-8-23)14-21(11-15,13-19)18(26)27/h15H,1-14H2,(H,26,27). The van der Waals surface area contributed by atoms with E-state index in [-0.39, 0.29) is 17.7 Å². The van der Waals surface area contributed by atoms with Crippen molar-refractivity contribution in [3.05, 3.63) is 0 Å². The summed E-state index contributed by atoms with van der Waals surface area (Å²) in [5, 5.41) is 10.2. The molecule has 0 radical (unpaired) electrons. The first-order chi connectivity index (χ1) is 12.9. The lowest BCUT2D eigenvalue weighted by Gasteiger charge is -2.64. The maximum atomic E-state index is 13.6. The molecule has 148 valence electrons. The molecule has 2 unspecified atom stereocenters. The topological polar surface area (TPSA) is 77.9 Å². The minimum Gasteiger partial charge on any atom is -0.481 e. The molecule has 4 aliphatic carbocycles. The van der Waals surface area contributed by atoms with Gasteiger partial charge in [-0.25, -0.2) is 0 Å². The van der Waals surface area contributed by atoms with Gasteiger partial charge in [-0.2, -0.15) is 0 Å². The van der Waals surface area contributed by atoms with Gasteiger partial charge in [0.1, 0.15) is 0 Å². The third kappa shape index (κ3) is 2.40. The van der Waals surface area contributed by atoms with Gasteiger partial charge >= 0.3 is 5.97 Å². The van der Waals surface area contributed by atoms with Crippen molar-refractivity contribution in [3.8, 4) is 0 Å². The number of amides is 2. The Morgan fingerprint density at radius 2 is 1.04 bits per heavy atom. The Bertz CT molecular complexity index is 648. The van der Waals surface area contributed by atoms with Crippen molar-refractivity contribution in [1.29, 1.82) is 0 Å². The highest BCUT2D eigenvalue weighted by molar-refractivity contribution is 5.91. The van der Waals surface area contributed by atoms with Gasteiger partial charge in [0.15, 0.2) is 0 Å². The third-order valence-electron chi connectivity index (χ3n) is 8.22. The summed E-state index contributed by atoms with van der Waals surface area (Å²) in [6, 6.07) is 0. The van der Waals surface area contributed by atoms with Crippen LogP contribution in [0.3, 0.4) is 0 Å². The lowest BCUT2D eigenvalue weighted by atomic mass is 9.39. The molecule has 6 fully saturated rings. The Labute approximate surface area is 160 Å². The summed E-state index contributed by atoms with van der Waals surface area (Å²) in [4.78, 5) is 43.4. The van der Waals surface area contributed by atoms with Gasteiger partial charge < -0.3 is 14.9 Å². The van der Waals surface area contributed by atoms with E-state index in [4.69, 9.17) is 0 Å². The van der Waals surface area contributed by atoms with Crippen molar-refractivity contribution in [2.24, 2.45) is 22.2 Å². The number of hydrogen-bond acceptors (Lipinski definition) is 3. The van der Waals surface area contributed by atoms with Crippen LogP contribution in [0.2, 0.25) is 0 Å². The van der Waals surface area contributed by atoms with Crippen molar-refractivity contribution in [2.75, 3.05) is 26.2 Å². The monoisotopic (exact) mass is 374 g/mol. The summed E-state index contributed by atoms with van der Waals surface area (Å²) >= 11 is 0. The molecule has 0 aromatic rings. The van der Waals surface area contributed by atoms with E-state index in [9.17, 15) is 19.5 Å². The number of aliphatic carboxylic acids is 1. The number of rotatable bonds is 3. The number of hydrogen-bond donors (Lipinski definition) is 1. The second-order valence-corrected chi connectivity index (χ2v) is 10.2. The molecular formula is C21H30N2O4. The van der Waals surface area contributed by atoms with Crippen LogP contribution in [0, 0.1) is 22.2 Å². The van der Waals surface area contributed by atoms with Crippen molar-refractivity contribution in [3.63, 3.8) is 0 Å². The van der Waals surface area contributed by atoms with Gasteiger partial charge in [0.2, 0.25) is 11.8 Å². The second kappa shape index (κ2) is 5.71. The van der Waals surface area contributed by atoms with Gasteiger partial charge in [-0.1, -0.05) is 0 Å². The number of nitrogens with zero attached hydrogens (tertiary/aromatic N) is 2. The summed E-state index contributed by atoms with van der Waals surface area (Å²) in [7, 11) is 0. The quantitative estimate of drug-likeness (QED) is 0.822. The average molecular weight is 374 g/mol. The highest BCUT2D eigenvalue weighted by atomic mass is 16.4. The van der Waals surface area contributed by atoms with Gasteiger partial charge in [0.05, 0.1) is 16.2 Å². The summed E-state index contributed by atoms with van der Waals surface area (Å²) in [5.41, 5.74) is -2.14. The van der Waals surface area contributed by atoms with Gasteiger partial charge in [-0.3, -0.25) is 14.4 Å². The Morgan fingerprint density at radius 1 is 0.667 bits per heavy atom. The zero-order valence-electron chi connectivity index (χ0n) is 16.0. The van der Waals surface area contributed by atoms with Crippen LogP contribution in [0.5, 0.6) is 0 Å². The molecule has 6 heteroatoms. The molecule has 0 aromatic carbocycles. The normalized spacial score (nSPS) is 42.7. The predicted molar refractivity (Wildman–Crippen MR) is 97.8 cm³/mol. The van der Waals surface area contributed by atoms with Crippen LogP contribution >= 0.6 is 0 Å². The molecule has 4 saturated carbocycles. The zero-order valence-corrected chi connectivity index (χ0v) is 16.0. The Balaban J connectivity index is 1.55. The molecule has 6 rings (SSSR count). The third-order valence-corrected chi connectivity index (χ3v) is 8.22. The van der Waals surface area contributed by atoms with Crippen LogP contribution in [-0.4, -0.2) is 58.9 Å². The Hall–Kier alpha value is -1.59. The van der Waals surface area contributed by atoms with E-state index in [1.165, 1.54) is 0 Å². The van der Waals surface area contributed by atoms with Crippen molar-refractivity contribution < 1.29 is 19.5 Å². The van der Waals surface area contributed by atoms with Gasteiger partial charge in [0, 0.05) is 26.2 Å². The molecule has 2 saturated heterocycles. The first-order valence-corrected chi connectivity index (χ1v) is 10.7. The first-order valence-electron chi connectivity index (χ1n) is 10.7. The molecule has 1 N–H and O–H groups in total. The lowest BCUT2D eigenvalue weighted by molar-refractivity contribution is -0.202. The fraction of sp³-hybridized carbons (Fsp3) is 0.857. The molecule has 2 amide bonds. The van der Waals surface area contributed by atoms with Crippen LogP contribution in [-0.2, 0) is 14.4 Å². The highest BCUT2D eigenvalue weighted by Crippen LogP contribution is 2.70. The smallest absolute Gasteiger partial charge is 0.309 e. The van der Waals surface area contributed by atoms with E-state index in [1.54, 1.807) is 0 Å². The number of likely N-dealkylation sites (tertiary alicyclic amines) is 2. The minimum absolute atomic E-state index is 0.147. The molecule has 6 aliphatic rings. The van der Waals surface area contributed by atoms with E-state index >= 15 is 0 Å². The number of carbonyl (C=O) groups excluding carboxylic acids is 2. The van der Waals surface area contributed by atoms with Crippen LogP contribution in [0.25, 0.3) is 0 Å². The first kappa shape index (κ1) is 17.5. The predicted octanol–water partition coefficient (Wildman–Crippen LogP) is 2.27. The van der Waals surface area contributed by atoms with Crippen molar-refractivity contribution in [2.45, 2.75) is 64.2 Å². The van der Waals surface area contributed by atoms with Crippen LogP contribution in [0.15, 0.2) is 0 Å². The second-order valence-electron chi connectivity index (χ2n) is 10.2. The Kier molecular flexibility index (Phi) is 3.70. The molecule has 6 nitrogen and oxygen atoms in total. The maximum absolute atomic E-state index is 13.6. The summed E-state index contributed by atoms with van der Waals surface area (Å²) < 4.78 is 0. The van der Waals surface area contributed by atoms with Crippen molar-refractivity contribution in [1.82, 2.24) is 9.80 Å². The molecule has 4 bridgehead atoms. The van der Waals surface area contributed by atoms with E-state index in [0.717, 1.165) is 64.7 Å². The maximum Gasteiger partial charge on any atom is 0.309 e. The molecule has 2 atom stereocenters. The lowest BCUT2D eigenvalue weighted by Crippen LogP contribution is -2.66. The zero-order chi connectivity index (χ0) is 18.9. The van der Waals surface area contributed by atoms with E-state index < -0.39 is 22.2 Å². The van der Waals surface area contributed by atoms with Gasteiger partial charge in [0.25, 0.3) is 0 Å². The molecule has 2 heterocycles. The molecular weight excluding hydrogens is 344 g/mol. The fourth-order valence-corrected chi connectivity index (χ4v) is 7.66. The number of carboxylic acid groups (broad SMARTS) is 1. The average Bonchev–Trinajstić information content (AvgIpc) is 3.33. The van der Waals surface area contributed by atoms with Crippen LogP contribution in [0.1, 0.15) is 64.2 Å². The molecule has 2 aliphatic heterocycles. The summed E-state index contributed by atoms with van der Waals surface area (Å²) in [5.74, 6) is -0.305. The van der Waals surface area contributed by atoms with E-state index in [2.05, 4.69) is 0 Å². The Morgan fingerprint density at radius 3 is 1.44 bits per heavy atom. The largest absolute Gasteiger partial charge is 0.481 e. The van der Waals surface area contributed by atoms with Gasteiger partial charge in [-0.05, 0) is 70.1 Å². The minimum atomic E-state index is -0.885. The SMILES string of the molecule is O=C(O)C12CC3CC(C(=O)N4CCCC4)(C1)CC(C(=O)N1CCCC1)(C3)C2. The van der Waals surface area contributed by atoms with Crippen LogP contribution in [0.4, 0.5) is 0 Å². The molecule has 0 aromatic heterocycles. The van der Waals surface area contributed by atoms with Crippen LogP contribution < -0.4 is 0 Å². The number of carboxylic acids is 1. The molecule has 27 heavy (non-hydrogen) atoms. The number of carbonyl (C=O) groups is 3.